The van der Waals surface area contributed by atoms with E-state index < -0.39 is 14.4 Å². The van der Waals surface area contributed by atoms with Crippen molar-refractivity contribution in [1.29, 1.82) is 0 Å². The lowest BCUT2D eigenvalue weighted by Crippen LogP contribution is -2.43. The van der Waals surface area contributed by atoms with Gasteiger partial charge in [-0.15, -0.1) is 0 Å². The summed E-state index contributed by atoms with van der Waals surface area (Å²) in [4.78, 5) is 0. The smallest absolute Gasteiger partial charge is 0.250 e. The first kappa shape index (κ1) is 22.2. The van der Waals surface area contributed by atoms with Gasteiger partial charge in [-0.25, -0.2) is 0 Å². The fraction of sp³-hybridized carbons (Fsp3) is 0.417. The Hall–Kier alpha value is -2.04. The predicted molar refractivity (Wildman–Crippen MR) is 121 cm³/mol. The van der Waals surface area contributed by atoms with Crippen molar-refractivity contribution in [2.45, 2.75) is 57.8 Å². The number of hydrogen-bond acceptors (Lipinski definition) is 3. The van der Waals surface area contributed by atoms with Crippen LogP contribution in [0.5, 0.6) is 11.5 Å². The molecule has 3 nitrogen and oxygen atoms in total. The summed E-state index contributed by atoms with van der Waals surface area (Å²) in [5, 5.41) is 10.4. The van der Waals surface area contributed by atoms with E-state index in [4.69, 9.17) is 9.16 Å². The van der Waals surface area contributed by atoms with E-state index in [0.717, 1.165) is 23.5 Å². The normalized spacial score (nSPS) is 13.5. The molecule has 0 amide bonds. The molecule has 4 heteroatoms. The van der Waals surface area contributed by atoms with Crippen LogP contribution in [0.1, 0.15) is 38.3 Å². The molecule has 0 spiro atoms. The van der Waals surface area contributed by atoms with Gasteiger partial charge in [-0.05, 0) is 54.2 Å². The Labute approximate surface area is 171 Å². The first-order chi connectivity index (χ1) is 13.1. The molecule has 0 bridgehead atoms. The highest BCUT2D eigenvalue weighted by atomic mass is 28.4. The second-order valence-corrected chi connectivity index (χ2v) is 13.4. The fourth-order valence-electron chi connectivity index (χ4n) is 2.58. The van der Waals surface area contributed by atoms with Crippen LogP contribution < -0.4 is 9.16 Å². The summed E-state index contributed by atoms with van der Waals surface area (Å²) in [6, 6.07) is 16.2. The van der Waals surface area contributed by atoms with Crippen LogP contribution in [0.25, 0.3) is 6.08 Å². The number of benzene rings is 2. The van der Waals surface area contributed by atoms with Gasteiger partial charge in [0.15, 0.2) is 5.75 Å². The highest BCUT2D eigenvalue weighted by Crippen LogP contribution is 2.40. The van der Waals surface area contributed by atoms with Crippen LogP contribution in [0, 0.1) is 0 Å². The minimum atomic E-state index is -1.93. The van der Waals surface area contributed by atoms with Gasteiger partial charge in [-0.1, -0.05) is 69.3 Å². The molecule has 0 heterocycles. The second-order valence-electron chi connectivity index (χ2n) is 8.72. The third-order valence-electron chi connectivity index (χ3n) is 5.44. The minimum absolute atomic E-state index is 0.124. The molecule has 152 valence electrons. The molecular formula is C24H34O3Si. The molecule has 0 saturated carbocycles. The molecule has 2 aromatic carbocycles. The standard InChI is InChI=1S/C24H34O3Si/c1-24(2,3)28(5,6)27-22-17-14-20(18-23(22)26-4)13-16-21(25)15-12-19-10-8-7-9-11-19/h7-11,13-14,16-18,21,25H,12,15H2,1-6H3/b16-13+. The van der Waals surface area contributed by atoms with Crippen molar-refractivity contribution >= 4 is 14.4 Å². The first-order valence-corrected chi connectivity index (χ1v) is 12.8. The van der Waals surface area contributed by atoms with Crippen molar-refractivity contribution in [1.82, 2.24) is 0 Å². The lowest BCUT2D eigenvalue weighted by Gasteiger charge is -2.36. The maximum absolute atomic E-state index is 10.3. The van der Waals surface area contributed by atoms with E-state index in [1.165, 1.54) is 5.56 Å². The number of aliphatic hydroxyl groups is 1. The minimum Gasteiger partial charge on any atom is -0.541 e. The summed E-state index contributed by atoms with van der Waals surface area (Å²) in [5.41, 5.74) is 2.22. The zero-order chi connectivity index (χ0) is 20.8. The second kappa shape index (κ2) is 9.44. The van der Waals surface area contributed by atoms with Crippen molar-refractivity contribution in [2.75, 3.05) is 7.11 Å². The number of aliphatic hydroxyl groups excluding tert-OH is 1. The quantitative estimate of drug-likeness (QED) is 0.547. The van der Waals surface area contributed by atoms with E-state index >= 15 is 0 Å². The number of aryl methyl sites for hydroxylation is 1. The predicted octanol–water partition coefficient (Wildman–Crippen LogP) is 6.09. The summed E-state index contributed by atoms with van der Waals surface area (Å²) < 4.78 is 12.0. The van der Waals surface area contributed by atoms with Crippen LogP contribution in [-0.2, 0) is 6.42 Å². The average molecular weight is 399 g/mol. The number of rotatable bonds is 8. The molecule has 1 atom stereocenters. The van der Waals surface area contributed by atoms with Gasteiger partial charge in [0.1, 0.15) is 5.75 Å². The third kappa shape index (κ3) is 6.25. The molecular weight excluding hydrogens is 364 g/mol. The summed E-state index contributed by atoms with van der Waals surface area (Å²) in [7, 11) is -0.265. The van der Waals surface area contributed by atoms with Gasteiger partial charge >= 0.3 is 0 Å². The lowest BCUT2D eigenvalue weighted by atomic mass is 10.1. The molecule has 0 fully saturated rings. The average Bonchev–Trinajstić information content (AvgIpc) is 2.65. The van der Waals surface area contributed by atoms with E-state index in [9.17, 15) is 5.11 Å². The van der Waals surface area contributed by atoms with Crippen LogP contribution in [0.3, 0.4) is 0 Å². The van der Waals surface area contributed by atoms with E-state index in [2.05, 4.69) is 46.0 Å². The number of ether oxygens (including phenoxy) is 1. The zero-order valence-electron chi connectivity index (χ0n) is 18.0. The van der Waals surface area contributed by atoms with Crippen molar-refractivity contribution in [2.24, 2.45) is 0 Å². The van der Waals surface area contributed by atoms with E-state index in [-0.39, 0.29) is 5.04 Å². The van der Waals surface area contributed by atoms with Crippen LogP contribution in [0.4, 0.5) is 0 Å². The Bertz CT molecular complexity index is 776. The maximum Gasteiger partial charge on any atom is 0.250 e. The highest BCUT2D eigenvalue weighted by Gasteiger charge is 2.39. The van der Waals surface area contributed by atoms with E-state index in [1.54, 1.807) is 7.11 Å². The highest BCUT2D eigenvalue weighted by molar-refractivity contribution is 6.74. The molecule has 0 radical (unpaired) electrons. The van der Waals surface area contributed by atoms with Crippen molar-refractivity contribution in [3.05, 3.63) is 65.7 Å². The van der Waals surface area contributed by atoms with Gasteiger partial charge in [0.25, 0.3) is 8.32 Å². The summed E-state index contributed by atoms with van der Waals surface area (Å²) >= 11 is 0. The fourth-order valence-corrected chi connectivity index (χ4v) is 3.60. The Morgan fingerprint density at radius 1 is 1.04 bits per heavy atom. The lowest BCUT2D eigenvalue weighted by molar-refractivity contribution is 0.214. The van der Waals surface area contributed by atoms with Gasteiger partial charge < -0.3 is 14.3 Å². The third-order valence-corrected chi connectivity index (χ3v) is 9.78. The van der Waals surface area contributed by atoms with Crippen LogP contribution in [-0.4, -0.2) is 26.6 Å². The van der Waals surface area contributed by atoms with E-state index in [0.29, 0.717) is 6.42 Å². The van der Waals surface area contributed by atoms with Crippen LogP contribution in [0.2, 0.25) is 18.1 Å². The molecule has 2 aromatic rings. The van der Waals surface area contributed by atoms with Gasteiger partial charge in [0, 0.05) is 0 Å². The zero-order valence-corrected chi connectivity index (χ0v) is 19.0. The first-order valence-electron chi connectivity index (χ1n) is 9.89. The van der Waals surface area contributed by atoms with Gasteiger partial charge in [-0.2, -0.15) is 0 Å². The summed E-state index contributed by atoms with van der Waals surface area (Å²) in [5.74, 6) is 1.52. The molecule has 28 heavy (non-hydrogen) atoms. The Kier molecular flexibility index (Phi) is 7.50. The van der Waals surface area contributed by atoms with Crippen molar-refractivity contribution in [3.8, 4) is 11.5 Å². The molecule has 0 saturated heterocycles. The molecule has 2 rings (SSSR count). The molecule has 1 unspecified atom stereocenters. The van der Waals surface area contributed by atoms with Gasteiger partial charge in [0.2, 0.25) is 0 Å². The Morgan fingerprint density at radius 3 is 2.32 bits per heavy atom. The Balaban J connectivity index is 2.03. The van der Waals surface area contributed by atoms with E-state index in [1.807, 2.05) is 48.6 Å². The maximum atomic E-state index is 10.3. The monoisotopic (exact) mass is 398 g/mol. The SMILES string of the molecule is COc1cc(/C=C/C(O)CCc2ccccc2)ccc1O[Si](C)(C)C(C)(C)C. The molecule has 0 aliphatic rings. The molecule has 0 aromatic heterocycles. The summed E-state index contributed by atoms with van der Waals surface area (Å²) in [6.45, 7) is 11.1. The Morgan fingerprint density at radius 2 is 1.71 bits per heavy atom. The molecule has 0 aliphatic carbocycles. The van der Waals surface area contributed by atoms with Crippen molar-refractivity contribution in [3.63, 3.8) is 0 Å². The molecule has 1 N–H and O–H groups in total. The topological polar surface area (TPSA) is 38.7 Å². The summed E-state index contributed by atoms with van der Waals surface area (Å²) in [6.07, 6.45) is 4.86. The van der Waals surface area contributed by atoms with Crippen LogP contribution in [0.15, 0.2) is 54.6 Å². The largest absolute Gasteiger partial charge is 0.541 e. The van der Waals surface area contributed by atoms with Gasteiger partial charge in [-0.3, -0.25) is 0 Å². The number of hydrogen-bond donors (Lipinski definition) is 1. The van der Waals surface area contributed by atoms with Crippen LogP contribution >= 0.6 is 0 Å². The van der Waals surface area contributed by atoms with Crippen molar-refractivity contribution < 1.29 is 14.3 Å². The molecule has 0 aliphatic heterocycles. The number of methoxy groups -OCH3 is 1. The van der Waals surface area contributed by atoms with Gasteiger partial charge in [0.05, 0.1) is 13.2 Å².